The molecular formula is C12H22N2O4S. The van der Waals surface area contributed by atoms with Gasteiger partial charge in [0.25, 0.3) is 0 Å². The molecule has 110 valence electrons. The van der Waals surface area contributed by atoms with Crippen molar-refractivity contribution in [2.24, 2.45) is 0 Å². The lowest BCUT2D eigenvalue weighted by molar-refractivity contribution is -0.140. The van der Waals surface area contributed by atoms with E-state index in [1.165, 1.54) is 18.7 Å². The zero-order valence-corrected chi connectivity index (χ0v) is 12.4. The Kier molecular flexibility index (Phi) is 9.03. The summed E-state index contributed by atoms with van der Waals surface area (Å²) in [6.45, 7) is 5.66. The Bertz CT molecular complexity index is 323. The van der Waals surface area contributed by atoms with Crippen molar-refractivity contribution in [1.82, 2.24) is 10.6 Å². The third-order valence-electron chi connectivity index (χ3n) is 2.39. The number of thioether (sulfide) groups is 1. The molecule has 0 aliphatic heterocycles. The monoisotopic (exact) mass is 290 g/mol. The van der Waals surface area contributed by atoms with Gasteiger partial charge in [-0.3, -0.25) is 9.59 Å². The summed E-state index contributed by atoms with van der Waals surface area (Å²) >= 11 is 1.21. The van der Waals surface area contributed by atoms with E-state index in [-0.39, 0.29) is 16.9 Å². The van der Waals surface area contributed by atoms with Gasteiger partial charge in [0.1, 0.15) is 6.04 Å². The molecule has 0 fully saturated rings. The number of rotatable bonds is 9. The summed E-state index contributed by atoms with van der Waals surface area (Å²) in [6, 6.07) is -0.964. The summed E-state index contributed by atoms with van der Waals surface area (Å²) in [6.07, 6.45) is 1.93. The molecule has 0 aromatic heterocycles. The van der Waals surface area contributed by atoms with E-state index in [1.54, 1.807) is 6.92 Å². The SMILES string of the molecule is CCCCNC(=O)C(C)SCC(NC(C)=O)C(=O)O. The van der Waals surface area contributed by atoms with Crippen molar-refractivity contribution >= 4 is 29.5 Å². The largest absolute Gasteiger partial charge is 0.480 e. The second-order valence-corrected chi connectivity index (χ2v) is 5.59. The van der Waals surface area contributed by atoms with Crippen LogP contribution in [0.1, 0.15) is 33.6 Å². The molecule has 0 aliphatic rings. The lowest BCUT2D eigenvalue weighted by atomic mass is 10.3. The summed E-state index contributed by atoms with van der Waals surface area (Å²) < 4.78 is 0. The molecule has 3 N–H and O–H groups in total. The molecule has 19 heavy (non-hydrogen) atoms. The molecule has 0 aromatic carbocycles. The minimum atomic E-state index is -1.10. The minimum absolute atomic E-state index is 0.106. The molecule has 0 heterocycles. The lowest BCUT2D eigenvalue weighted by Gasteiger charge is -2.16. The maximum Gasteiger partial charge on any atom is 0.327 e. The highest BCUT2D eigenvalue weighted by Gasteiger charge is 2.21. The van der Waals surface area contributed by atoms with Gasteiger partial charge in [0.05, 0.1) is 5.25 Å². The first-order valence-electron chi connectivity index (χ1n) is 6.27. The number of aliphatic carboxylic acids is 1. The summed E-state index contributed by atoms with van der Waals surface area (Å²) in [5.74, 6) is -1.43. The molecule has 0 saturated heterocycles. The maximum atomic E-state index is 11.7. The third-order valence-corrected chi connectivity index (χ3v) is 3.63. The van der Waals surface area contributed by atoms with Crippen LogP contribution in [0.4, 0.5) is 0 Å². The average molecular weight is 290 g/mol. The molecule has 2 unspecified atom stereocenters. The van der Waals surface area contributed by atoms with Crippen molar-refractivity contribution in [2.45, 2.75) is 44.9 Å². The normalized spacial score (nSPS) is 13.4. The van der Waals surface area contributed by atoms with Crippen molar-refractivity contribution in [1.29, 1.82) is 0 Å². The van der Waals surface area contributed by atoms with E-state index in [4.69, 9.17) is 5.11 Å². The van der Waals surface area contributed by atoms with Gasteiger partial charge in [0.2, 0.25) is 11.8 Å². The molecule has 0 radical (unpaired) electrons. The first-order valence-corrected chi connectivity index (χ1v) is 7.32. The van der Waals surface area contributed by atoms with Gasteiger partial charge in [-0.1, -0.05) is 13.3 Å². The van der Waals surface area contributed by atoms with Crippen molar-refractivity contribution in [3.05, 3.63) is 0 Å². The van der Waals surface area contributed by atoms with Crippen LogP contribution in [-0.2, 0) is 14.4 Å². The number of carboxylic acids is 1. The maximum absolute atomic E-state index is 11.7. The Labute approximate surface area is 117 Å². The first-order chi connectivity index (χ1) is 8.88. The molecule has 0 aliphatic carbocycles. The van der Waals surface area contributed by atoms with Crippen LogP contribution in [0.25, 0.3) is 0 Å². The summed E-state index contributed by atoms with van der Waals surface area (Å²) in [5, 5.41) is 13.7. The number of amides is 2. The van der Waals surface area contributed by atoms with Crippen LogP contribution in [-0.4, -0.2) is 46.5 Å². The van der Waals surface area contributed by atoms with E-state index >= 15 is 0 Å². The standard InChI is InChI=1S/C12H22N2O4S/c1-4-5-6-13-11(16)8(2)19-7-10(12(17)18)14-9(3)15/h8,10H,4-7H2,1-3H3,(H,13,16)(H,14,15)(H,17,18). The molecule has 0 saturated carbocycles. The van der Waals surface area contributed by atoms with Gasteiger partial charge in [0, 0.05) is 19.2 Å². The van der Waals surface area contributed by atoms with Gasteiger partial charge in [-0.25, -0.2) is 4.79 Å². The number of carbonyl (C=O) groups is 3. The topological polar surface area (TPSA) is 95.5 Å². The Hall–Kier alpha value is -1.24. The van der Waals surface area contributed by atoms with Crippen LogP contribution in [0.3, 0.4) is 0 Å². The zero-order valence-electron chi connectivity index (χ0n) is 11.6. The van der Waals surface area contributed by atoms with E-state index < -0.39 is 17.9 Å². The summed E-state index contributed by atoms with van der Waals surface area (Å²) in [7, 11) is 0. The quantitative estimate of drug-likeness (QED) is 0.541. The van der Waals surface area contributed by atoms with Crippen LogP contribution < -0.4 is 10.6 Å². The van der Waals surface area contributed by atoms with E-state index in [9.17, 15) is 14.4 Å². The van der Waals surface area contributed by atoms with Gasteiger partial charge in [-0.15, -0.1) is 11.8 Å². The van der Waals surface area contributed by atoms with Crippen LogP contribution >= 0.6 is 11.8 Å². The fourth-order valence-corrected chi connectivity index (χ4v) is 2.21. The Morgan fingerprint density at radius 2 is 1.95 bits per heavy atom. The van der Waals surface area contributed by atoms with E-state index in [1.807, 2.05) is 6.92 Å². The third kappa shape index (κ3) is 8.47. The first kappa shape index (κ1) is 17.8. The number of carbonyl (C=O) groups excluding carboxylic acids is 2. The number of carboxylic acid groups (broad SMARTS) is 1. The minimum Gasteiger partial charge on any atom is -0.480 e. The van der Waals surface area contributed by atoms with Crippen LogP contribution in [0, 0.1) is 0 Å². The van der Waals surface area contributed by atoms with Gasteiger partial charge >= 0.3 is 5.97 Å². The van der Waals surface area contributed by atoms with Gasteiger partial charge < -0.3 is 15.7 Å². The lowest BCUT2D eigenvalue weighted by Crippen LogP contribution is -2.42. The molecule has 2 atom stereocenters. The smallest absolute Gasteiger partial charge is 0.327 e. The Morgan fingerprint density at radius 1 is 1.32 bits per heavy atom. The van der Waals surface area contributed by atoms with Gasteiger partial charge in [0.15, 0.2) is 0 Å². The second-order valence-electron chi connectivity index (χ2n) is 4.21. The predicted octanol–water partition coefficient (Wildman–Crippen LogP) is 0.614. The molecule has 7 heteroatoms. The van der Waals surface area contributed by atoms with Crippen LogP contribution in [0.2, 0.25) is 0 Å². The number of nitrogens with one attached hydrogen (secondary N) is 2. The molecule has 0 aromatic rings. The second kappa shape index (κ2) is 9.66. The molecule has 0 rings (SSSR count). The number of unbranched alkanes of at least 4 members (excludes halogenated alkanes) is 1. The van der Waals surface area contributed by atoms with E-state index in [0.29, 0.717) is 6.54 Å². The summed E-state index contributed by atoms with van der Waals surface area (Å²) in [4.78, 5) is 33.4. The number of hydrogen-bond acceptors (Lipinski definition) is 4. The highest BCUT2D eigenvalue weighted by atomic mass is 32.2. The highest BCUT2D eigenvalue weighted by Crippen LogP contribution is 2.12. The van der Waals surface area contributed by atoms with Crippen LogP contribution in [0.15, 0.2) is 0 Å². The van der Waals surface area contributed by atoms with Crippen molar-refractivity contribution in [3.63, 3.8) is 0 Å². The highest BCUT2D eigenvalue weighted by molar-refractivity contribution is 8.00. The Morgan fingerprint density at radius 3 is 2.42 bits per heavy atom. The van der Waals surface area contributed by atoms with Crippen molar-refractivity contribution < 1.29 is 19.5 Å². The molecule has 0 spiro atoms. The molecule has 6 nitrogen and oxygen atoms in total. The fraction of sp³-hybridized carbons (Fsp3) is 0.750. The van der Waals surface area contributed by atoms with E-state index in [0.717, 1.165) is 12.8 Å². The van der Waals surface area contributed by atoms with Gasteiger partial charge in [-0.2, -0.15) is 0 Å². The van der Waals surface area contributed by atoms with E-state index in [2.05, 4.69) is 10.6 Å². The fourth-order valence-electron chi connectivity index (χ4n) is 1.27. The predicted molar refractivity (Wildman–Crippen MR) is 75.1 cm³/mol. The number of hydrogen-bond donors (Lipinski definition) is 3. The van der Waals surface area contributed by atoms with Crippen molar-refractivity contribution in [2.75, 3.05) is 12.3 Å². The molecule has 0 bridgehead atoms. The van der Waals surface area contributed by atoms with Crippen molar-refractivity contribution in [3.8, 4) is 0 Å². The molecular weight excluding hydrogens is 268 g/mol. The Balaban J connectivity index is 4.09. The summed E-state index contributed by atoms with van der Waals surface area (Å²) in [5.41, 5.74) is 0. The zero-order chi connectivity index (χ0) is 14.8. The van der Waals surface area contributed by atoms with Crippen LogP contribution in [0.5, 0.6) is 0 Å². The van der Waals surface area contributed by atoms with Gasteiger partial charge in [-0.05, 0) is 13.3 Å². The average Bonchev–Trinajstić information content (AvgIpc) is 2.33. The molecule has 2 amide bonds.